The summed E-state index contributed by atoms with van der Waals surface area (Å²) in [6, 6.07) is 4.37. The molecule has 1 aromatic carbocycles. The van der Waals surface area contributed by atoms with Crippen LogP contribution >= 0.6 is 0 Å². The molecule has 1 fully saturated rings. The van der Waals surface area contributed by atoms with Crippen molar-refractivity contribution in [1.29, 1.82) is 0 Å². The normalized spacial score (nSPS) is 32.0. The van der Waals surface area contributed by atoms with Crippen molar-refractivity contribution in [3.8, 4) is 5.75 Å². The molecule has 0 aromatic heterocycles. The zero-order valence-corrected chi connectivity index (χ0v) is 9.56. The molecule has 3 nitrogen and oxygen atoms in total. The predicted octanol–water partition coefficient (Wildman–Crippen LogP) is 2.16. The van der Waals surface area contributed by atoms with E-state index in [9.17, 15) is 4.39 Å². The number of fused-ring (bicyclic) bond motifs is 1. The van der Waals surface area contributed by atoms with E-state index in [-0.39, 0.29) is 24.1 Å². The Morgan fingerprint density at radius 3 is 2.94 bits per heavy atom. The first kappa shape index (κ1) is 11.0. The van der Waals surface area contributed by atoms with E-state index in [0.717, 1.165) is 25.0 Å². The number of nitrogens with two attached hydrogens (primary N) is 1. The molecule has 0 aliphatic carbocycles. The number of hydrogen-bond acceptors (Lipinski definition) is 3. The summed E-state index contributed by atoms with van der Waals surface area (Å²) in [5, 5.41) is 0. The molecule has 1 saturated heterocycles. The number of rotatable bonds is 1. The van der Waals surface area contributed by atoms with E-state index in [1.54, 1.807) is 6.07 Å². The summed E-state index contributed by atoms with van der Waals surface area (Å²) in [6.07, 6.45) is 2.94. The molecule has 2 unspecified atom stereocenters. The molecular formula is C13H16FNO2. The van der Waals surface area contributed by atoms with E-state index in [0.29, 0.717) is 12.2 Å². The van der Waals surface area contributed by atoms with Crippen LogP contribution < -0.4 is 10.5 Å². The Labute approximate surface area is 99.7 Å². The molecule has 3 rings (SSSR count). The zero-order chi connectivity index (χ0) is 11.8. The Morgan fingerprint density at radius 2 is 2.18 bits per heavy atom. The van der Waals surface area contributed by atoms with Crippen molar-refractivity contribution in [3.05, 3.63) is 29.6 Å². The average molecular weight is 237 g/mol. The fourth-order valence-corrected chi connectivity index (χ4v) is 2.63. The summed E-state index contributed by atoms with van der Waals surface area (Å²) in [4.78, 5) is 0. The van der Waals surface area contributed by atoms with Gasteiger partial charge in [0.05, 0.1) is 6.10 Å². The van der Waals surface area contributed by atoms with Crippen LogP contribution in [0.4, 0.5) is 4.39 Å². The van der Waals surface area contributed by atoms with Gasteiger partial charge in [0, 0.05) is 24.6 Å². The molecule has 4 heteroatoms. The topological polar surface area (TPSA) is 44.5 Å². The van der Waals surface area contributed by atoms with E-state index in [2.05, 4.69) is 0 Å². The molecule has 3 atom stereocenters. The summed E-state index contributed by atoms with van der Waals surface area (Å²) in [6.45, 7) is 0.802. The highest BCUT2D eigenvalue weighted by atomic mass is 19.1. The summed E-state index contributed by atoms with van der Waals surface area (Å²) >= 11 is 0. The summed E-state index contributed by atoms with van der Waals surface area (Å²) in [5.74, 6) is 0.434. The first-order valence-electron chi connectivity index (χ1n) is 6.07. The van der Waals surface area contributed by atoms with Gasteiger partial charge in [-0.1, -0.05) is 0 Å². The van der Waals surface area contributed by atoms with E-state index >= 15 is 0 Å². The monoisotopic (exact) mass is 237 g/mol. The van der Waals surface area contributed by atoms with Crippen molar-refractivity contribution in [3.63, 3.8) is 0 Å². The zero-order valence-electron chi connectivity index (χ0n) is 9.56. The lowest BCUT2D eigenvalue weighted by molar-refractivity contribution is -0.00202. The average Bonchev–Trinajstić information content (AvgIpc) is 2.83. The van der Waals surface area contributed by atoms with Crippen LogP contribution in [-0.4, -0.2) is 18.8 Å². The maximum absolute atomic E-state index is 13.1. The van der Waals surface area contributed by atoms with Gasteiger partial charge >= 0.3 is 0 Å². The van der Waals surface area contributed by atoms with E-state index in [1.165, 1.54) is 12.1 Å². The maximum Gasteiger partial charge on any atom is 0.127 e. The number of hydrogen-bond donors (Lipinski definition) is 1. The van der Waals surface area contributed by atoms with Crippen LogP contribution in [0.5, 0.6) is 5.75 Å². The molecule has 2 aliphatic rings. The van der Waals surface area contributed by atoms with Gasteiger partial charge in [0.2, 0.25) is 0 Å². The summed E-state index contributed by atoms with van der Waals surface area (Å²) < 4.78 is 24.6. The van der Waals surface area contributed by atoms with Gasteiger partial charge in [0.15, 0.2) is 0 Å². The number of ether oxygens (including phenoxy) is 2. The largest absolute Gasteiger partial charge is 0.487 e. The third kappa shape index (κ3) is 2.03. The molecule has 2 aliphatic heterocycles. The molecule has 2 heterocycles. The quantitative estimate of drug-likeness (QED) is 0.814. The number of benzene rings is 1. The fourth-order valence-electron chi connectivity index (χ4n) is 2.63. The first-order chi connectivity index (χ1) is 8.24. The molecule has 0 spiro atoms. The SMILES string of the molecule is N[C@H]1CC(C2CCCO2)Oc2ccc(F)cc21. The minimum atomic E-state index is -0.265. The van der Waals surface area contributed by atoms with Gasteiger partial charge in [0.25, 0.3) is 0 Å². The Kier molecular flexibility index (Phi) is 2.76. The summed E-state index contributed by atoms with van der Waals surface area (Å²) in [7, 11) is 0. The van der Waals surface area contributed by atoms with Gasteiger partial charge in [-0.15, -0.1) is 0 Å². The van der Waals surface area contributed by atoms with Crippen molar-refractivity contribution in [1.82, 2.24) is 0 Å². The lowest BCUT2D eigenvalue weighted by Crippen LogP contribution is -2.38. The van der Waals surface area contributed by atoms with Gasteiger partial charge in [-0.25, -0.2) is 4.39 Å². The predicted molar refractivity (Wildman–Crippen MR) is 61.3 cm³/mol. The lowest BCUT2D eigenvalue weighted by Gasteiger charge is -2.33. The highest BCUT2D eigenvalue weighted by Gasteiger charge is 2.34. The van der Waals surface area contributed by atoms with Crippen LogP contribution in [0.2, 0.25) is 0 Å². The Morgan fingerprint density at radius 1 is 1.29 bits per heavy atom. The Hall–Kier alpha value is -1.13. The van der Waals surface area contributed by atoms with Gasteiger partial charge in [0.1, 0.15) is 17.7 Å². The highest BCUT2D eigenvalue weighted by molar-refractivity contribution is 5.38. The summed E-state index contributed by atoms with van der Waals surface area (Å²) in [5.41, 5.74) is 6.83. The molecule has 0 radical (unpaired) electrons. The molecule has 2 N–H and O–H groups in total. The second kappa shape index (κ2) is 4.27. The van der Waals surface area contributed by atoms with Crippen LogP contribution in [0.15, 0.2) is 18.2 Å². The molecule has 0 amide bonds. The molecule has 92 valence electrons. The Balaban J connectivity index is 1.84. The third-order valence-electron chi connectivity index (χ3n) is 3.52. The maximum atomic E-state index is 13.1. The molecule has 0 saturated carbocycles. The molecule has 0 bridgehead atoms. The van der Waals surface area contributed by atoms with Crippen LogP contribution in [0.25, 0.3) is 0 Å². The first-order valence-corrected chi connectivity index (χ1v) is 6.07. The highest BCUT2D eigenvalue weighted by Crippen LogP contribution is 2.36. The second-order valence-electron chi connectivity index (χ2n) is 4.73. The van der Waals surface area contributed by atoms with Crippen LogP contribution in [0.3, 0.4) is 0 Å². The lowest BCUT2D eigenvalue weighted by atomic mass is 9.94. The van der Waals surface area contributed by atoms with Crippen LogP contribution in [0, 0.1) is 5.82 Å². The minimum absolute atomic E-state index is 0.00506. The Bertz CT molecular complexity index is 418. The fraction of sp³-hybridized carbons (Fsp3) is 0.538. The standard InChI is InChI=1S/C13H16FNO2/c14-8-3-4-11-9(6-8)10(15)7-13(17-11)12-2-1-5-16-12/h3-4,6,10,12-13H,1-2,5,7,15H2/t10-,12?,13?/m0/s1. The molecular weight excluding hydrogens is 221 g/mol. The number of halogens is 1. The van der Waals surface area contributed by atoms with Gasteiger partial charge in [-0.05, 0) is 31.0 Å². The van der Waals surface area contributed by atoms with Crippen molar-refractivity contribution in [2.24, 2.45) is 5.73 Å². The van der Waals surface area contributed by atoms with Crippen LogP contribution in [0.1, 0.15) is 30.9 Å². The van der Waals surface area contributed by atoms with Crippen molar-refractivity contribution in [2.45, 2.75) is 37.5 Å². The smallest absolute Gasteiger partial charge is 0.127 e. The van der Waals surface area contributed by atoms with E-state index in [1.807, 2.05) is 0 Å². The van der Waals surface area contributed by atoms with Crippen LogP contribution in [-0.2, 0) is 4.74 Å². The minimum Gasteiger partial charge on any atom is -0.487 e. The molecule has 1 aromatic rings. The van der Waals surface area contributed by atoms with Gasteiger partial charge in [-0.2, -0.15) is 0 Å². The molecule has 17 heavy (non-hydrogen) atoms. The van der Waals surface area contributed by atoms with E-state index < -0.39 is 0 Å². The third-order valence-corrected chi connectivity index (χ3v) is 3.52. The van der Waals surface area contributed by atoms with Crippen molar-refractivity contribution < 1.29 is 13.9 Å². The van der Waals surface area contributed by atoms with Gasteiger partial charge < -0.3 is 15.2 Å². The van der Waals surface area contributed by atoms with E-state index in [4.69, 9.17) is 15.2 Å². The van der Waals surface area contributed by atoms with Crippen molar-refractivity contribution >= 4 is 0 Å². The van der Waals surface area contributed by atoms with Gasteiger partial charge in [-0.3, -0.25) is 0 Å². The van der Waals surface area contributed by atoms with Crippen molar-refractivity contribution in [2.75, 3.05) is 6.61 Å². The second-order valence-corrected chi connectivity index (χ2v) is 4.73.